The van der Waals surface area contributed by atoms with Crippen molar-refractivity contribution in [2.24, 2.45) is 0 Å². The molecule has 0 spiro atoms. The van der Waals surface area contributed by atoms with Gasteiger partial charge >= 0.3 is 0 Å². The molecule has 0 fully saturated rings. The van der Waals surface area contributed by atoms with Gasteiger partial charge in [-0.1, -0.05) is 0 Å². The number of hydrogen-bond donors (Lipinski definition) is 6. The van der Waals surface area contributed by atoms with Gasteiger partial charge in [0.05, 0.1) is 33.1 Å². The molecule has 0 radical (unpaired) electrons. The number of rotatable bonds is 5. The number of hydrogen-bond acceptors (Lipinski definition) is 11. The highest BCUT2D eigenvalue weighted by Crippen LogP contribution is 2.41. The highest BCUT2D eigenvalue weighted by atomic mass is 32.2. The van der Waals surface area contributed by atoms with E-state index in [9.17, 15) is 48.5 Å². The average molecular weight is 570 g/mol. The zero-order valence-corrected chi connectivity index (χ0v) is 20.5. The van der Waals surface area contributed by atoms with E-state index in [1.54, 1.807) is 0 Å². The number of fused-ring (bicyclic) bond motifs is 2. The maximum absolute atomic E-state index is 13.5. The molecule has 0 saturated carbocycles. The molecule has 3 aromatic rings. The minimum Gasteiger partial charge on any atom is -0.399 e. The summed E-state index contributed by atoms with van der Waals surface area (Å²) in [5.74, 6) is -2.10. The lowest BCUT2D eigenvalue weighted by atomic mass is 9.82. The van der Waals surface area contributed by atoms with Crippen molar-refractivity contribution in [1.82, 2.24) is 0 Å². The topological polar surface area (TPSA) is 261 Å². The van der Waals surface area contributed by atoms with Crippen LogP contribution < -0.4 is 16.8 Å². The first kappa shape index (κ1) is 26.2. The number of anilines is 4. The summed E-state index contributed by atoms with van der Waals surface area (Å²) >= 11 is 0. The second-order valence-electron chi connectivity index (χ2n) is 7.76. The SMILES string of the molecule is Nc1ccc(Nc2cc(S(=O)(=O)O)c(N)c3c2C(=O)c2cc(S(=O)(=O)O)ccc2C3=O)c(S(=O)(=O)O)c1. The predicted octanol–water partition coefficient (Wildman–Crippen LogP) is 1.11. The van der Waals surface area contributed by atoms with Crippen LogP contribution in [0.2, 0.25) is 0 Å². The standard InChI is InChI=1S/C20H15N3O11S3/c21-8-1-4-12(14(5-8)36(29,30)31)23-13-7-15(37(32,33)34)18(22)17-16(13)20(25)11-6-9(35(26,27)28)2-3-10(11)19(17)24/h1-7,23H,21-22H2,(H,26,27,28)(H,29,30,31)(H,32,33,34). The molecule has 8 N–H and O–H groups in total. The van der Waals surface area contributed by atoms with Crippen LogP contribution >= 0.6 is 0 Å². The Kier molecular flexibility index (Phi) is 5.90. The molecule has 0 atom stereocenters. The first-order chi connectivity index (χ1) is 16.9. The van der Waals surface area contributed by atoms with E-state index in [2.05, 4.69) is 5.32 Å². The van der Waals surface area contributed by atoms with E-state index >= 15 is 0 Å². The minimum atomic E-state index is -5.10. The summed E-state index contributed by atoms with van der Waals surface area (Å²) in [6.07, 6.45) is 0. The van der Waals surface area contributed by atoms with Crippen LogP contribution in [-0.4, -0.2) is 50.5 Å². The Morgan fingerprint density at radius 3 is 1.78 bits per heavy atom. The van der Waals surface area contributed by atoms with Crippen molar-refractivity contribution in [2.75, 3.05) is 16.8 Å². The van der Waals surface area contributed by atoms with Crippen molar-refractivity contribution >= 4 is 64.7 Å². The van der Waals surface area contributed by atoms with E-state index < -0.39 is 90.4 Å². The summed E-state index contributed by atoms with van der Waals surface area (Å²) in [5.41, 5.74) is 7.39. The van der Waals surface area contributed by atoms with E-state index in [1.165, 1.54) is 6.07 Å². The Morgan fingerprint density at radius 2 is 1.22 bits per heavy atom. The zero-order chi connectivity index (χ0) is 27.7. The molecule has 0 amide bonds. The average Bonchev–Trinajstić information content (AvgIpc) is 2.77. The van der Waals surface area contributed by atoms with E-state index in [0.29, 0.717) is 6.07 Å². The largest absolute Gasteiger partial charge is 0.399 e. The highest BCUT2D eigenvalue weighted by Gasteiger charge is 2.37. The monoisotopic (exact) mass is 569 g/mol. The van der Waals surface area contributed by atoms with Gasteiger partial charge in [0.2, 0.25) is 0 Å². The molecule has 0 bridgehead atoms. The Labute approximate surface area is 209 Å². The number of nitrogens with two attached hydrogens (primary N) is 2. The second-order valence-corrected chi connectivity index (χ2v) is 12.0. The van der Waals surface area contributed by atoms with Gasteiger partial charge in [-0.25, -0.2) is 0 Å². The van der Waals surface area contributed by atoms with E-state index in [0.717, 1.165) is 30.3 Å². The molecule has 37 heavy (non-hydrogen) atoms. The summed E-state index contributed by atoms with van der Waals surface area (Å²) in [7, 11) is -14.8. The van der Waals surface area contributed by atoms with Crippen molar-refractivity contribution < 1.29 is 48.5 Å². The lowest BCUT2D eigenvalue weighted by Gasteiger charge is -2.24. The Morgan fingerprint density at radius 1 is 0.622 bits per heavy atom. The van der Waals surface area contributed by atoms with Crippen LogP contribution in [0.1, 0.15) is 31.8 Å². The van der Waals surface area contributed by atoms with Gasteiger partial charge in [0.25, 0.3) is 30.4 Å². The van der Waals surface area contributed by atoms with Crippen LogP contribution in [-0.2, 0) is 30.4 Å². The molecule has 0 aliphatic heterocycles. The Balaban J connectivity index is 2.07. The van der Waals surface area contributed by atoms with Crippen LogP contribution in [0, 0.1) is 0 Å². The summed E-state index contributed by atoms with van der Waals surface area (Å²) < 4.78 is 99.5. The number of carbonyl (C=O) groups is 2. The molecule has 17 heteroatoms. The van der Waals surface area contributed by atoms with E-state index in [4.69, 9.17) is 11.5 Å². The molecule has 4 rings (SSSR count). The van der Waals surface area contributed by atoms with Crippen molar-refractivity contribution in [3.8, 4) is 0 Å². The predicted molar refractivity (Wildman–Crippen MR) is 128 cm³/mol. The van der Waals surface area contributed by atoms with Gasteiger partial charge in [-0.3, -0.25) is 23.2 Å². The molecular weight excluding hydrogens is 554 g/mol. The molecule has 0 saturated heterocycles. The first-order valence-electron chi connectivity index (χ1n) is 9.70. The van der Waals surface area contributed by atoms with E-state index in [-0.39, 0.29) is 11.3 Å². The molecule has 0 aromatic heterocycles. The van der Waals surface area contributed by atoms with E-state index in [1.807, 2.05) is 0 Å². The summed E-state index contributed by atoms with van der Waals surface area (Å²) in [6, 6.07) is 6.22. The lowest BCUT2D eigenvalue weighted by molar-refractivity contribution is 0.0980. The van der Waals surface area contributed by atoms with Gasteiger partial charge in [0, 0.05) is 16.8 Å². The highest BCUT2D eigenvalue weighted by molar-refractivity contribution is 7.86. The van der Waals surface area contributed by atoms with Gasteiger partial charge in [-0.15, -0.1) is 0 Å². The molecule has 194 valence electrons. The summed E-state index contributed by atoms with van der Waals surface area (Å²) in [6.45, 7) is 0. The van der Waals surface area contributed by atoms with Gasteiger partial charge in [0.1, 0.15) is 9.79 Å². The number of nitrogens with one attached hydrogen (secondary N) is 1. The van der Waals surface area contributed by atoms with Crippen LogP contribution in [0.4, 0.5) is 22.7 Å². The molecular formula is C20H15N3O11S3. The van der Waals surface area contributed by atoms with Crippen LogP contribution in [0.15, 0.2) is 57.2 Å². The number of carbonyl (C=O) groups excluding carboxylic acids is 2. The molecule has 0 unspecified atom stereocenters. The van der Waals surface area contributed by atoms with Crippen molar-refractivity contribution in [3.63, 3.8) is 0 Å². The van der Waals surface area contributed by atoms with Gasteiger partial charge < -0.3 is 16.8 Å². The van der Waals surface area contributed by atoms with Crippen molar-refractivity contribution in [2.45, 2.75) is 14.7 Å². The third-order valence-electron chi connectivity index (χ3n) is 5.39. The fourth-order valence-electron chi connectivity index (χ4n) is 3.80. The van der Waals surface area contributed by atoms with Gasteiger partial charge in [-0.2, -0.15) is 25.3 Å². The minimum absolute atomic E-state index is 0.0888. The number of nitrogen functional groups attached to an aromatic ring is 2. The van der Waals surface area contributed by atoms with Gasteiger partial charge in [0.15, 0.2) is 11.6 Å². The first-order valence-corrected chi connectivity index (χ1v) is 14.0. The second kappa shape index (κ2) is 8.33. The van der Waals surface area contributed by atoms with Crippen molar-refractivity contribution in [3.05, 3.63) is 64.7 Å². The van der Waals surface area contributed by atoms with Crippen molar-refractivity contribution in [1.29, 1.82) is 0 Å². The van der Waals surface area contributed by atoms with Crippen LogP contribution in [0.25, 0.3) is 0 Å². The molecule has 14 nitrogen and oxygen atoms in total. The normalized spacial score (nSPS) is 13.7. The summed E-state index contributed by atoms with van der Waals surface area (Å²) in [4.78, 5) is 24.3. The molecule has 3 aromatic carbocycles. The maximum Gasteiger partial charge on any atom is 0.296 e. The molecule has 0 heterocycles. The molecule has 1 aliphatic rings. The smallest absolute Gasteiger partial charge is 0.296 e. The fourth-order valence-corrected chi connectivity index (χ4v) is 5.63. The van der Waals surface area contributed by atoms with Gasteiger partial charge in [-0.05, 0) is 42.5 Å². The number of ketones is 2. The summed E-state index contributed by atoms with van der Waals surface area (Å²) in [5, 5.41) is 2.43. The lowest BCUT2D eigenvalue weighted by Crippen LogP contribution is -2.25. The Hall–Kier alpha value is -3.87. The maximum atomic E-state index is 13.5. The van der Waals surface area contributed by atoms with Crippen LogP contribution in [0.5, 0.6) is 0 Å². The number of benzene rings is 3. The fraction of sp³-hybridized carbons (Fsp3) is 0. The Bertz CT molecular complexity index is 1880. The third-order valence-corrected chi connectivity index (χ3v) is 8.03. The zero-order valence-electron chi connectivity index (χ0n) is 18.0. The quantitative estimate of drug-likeness (QED) is 0.145. The molecule has 1 aliphatic carbocycles. The third kappa shape index (κ3) is 4.54. The van der Waals surface area contributed by atoms with Crippen LogP contribution in [0.3, 0.4) is 0 Å².